The normalized spacial score (nSPS) is 15.9. The summed E-state index contributed by atoms with van der Waals surface area (Å²) >= 11 is 7.04. The molecule has 1 aliphatic rings. The Labute approximate surface area is 143 Å². The van der Waals surface area contributed by atoms with Gasteiger partial charge in [0.15, 0.2) is 0 Å². The molecule has 0 bridgehead atoms. The van der Waals surface area contributed by atoms with Crippen molar-refractivity contribution in [1.29, 1.82) is 0 Å². The lowest BCUT2D eigenvalue weighted by molar-refractivity contribution is 0.477. The van der Waals surface area contributed by atoms with E-state index in [2.05, 4.69) is 4.98 Å². The maximum atomic E-state index is 13.1. The van der Waals surface area contributed by atoms with Gasteiger partial charge in [-0.05, 0) is 43.2 Å². The van der Waals surface area contributed by atoms with Gasteiger partial charge < -0.3 is 0 Å². The molecule has 4 nitrogen and oxygen atoms in total. The lowest BCUT2D eigenvalue weighted by Crippen LogP contribution is -2.27. The fourth-order valence-electron chi connectivity index (χ4n) is 2.32. The number of rotatable bonds is 4. The zero-order valence-corrected chi connectivity index (χ0v) is 14.5. The van der Waals surface area contributed by atoms with Crippen molar-refractivity contribution >= 4 is 33.4 Å². The second kappa shape index (κ2) is 6.76. The molecule has 8 heteroatoms. The first kappa shape index (κ1) is 16.7. The van der Waals surface area contributed by atoms with Gasteiger partial charge in [-0.2, -0.15) is 4.31 Å². The Hall–Kier alpha value is -1.15. The highest BCUT2D eigenvalue weighted by molar-refractivity contribution is 7.99. The summed E-state index contributed by atoms with van der Waals surface area (Å²) in [4.78, 5) is 5.11. The number of hydrogen-bond donors (Lipinski definition) is 0. The van der Waals surface area contributed by atoms with E-state index < -0.39 is 15.8 Å². The number of hydrogen-bond acceptors (Lipinski definition) is 4. The summed E-state index contributed by atoms with van der Waals surface area (Å²) in [6.45, 7) is 1.12. The fraction of sp³-hybridized carbons (Fsp3) is 0.267. The van der Waals surface area contributed by atoms with E-state index in [-0.39, 0.29) is 9.92 Å². The molecule has 3 rings (SSSR count). The Kier molecular flexibility index (Phi) is 4.91. The first-order chi connectivity index (χ1) is 11.0. The third-order valence-electron chi connectivity index (χ3n) is 3.53. The first-order valence-electron chi connectivity index (χ1n) is 7.06. The average Bonchev–Trinajstić information content (AvgIpc) is 3.07. The maximum Gasteiger partial charge on any atom is 0.244 e. The largest absolute Gasteiger partial charge is 0.248 e. The van der Waals surface area contributed by atoms with Gasteiger partial charge in [0, 0.05) is 24.2 Å². The first-order valence-corrected chi connectivity index (χ1v) is 9.69. The molecule has 0 aliphatic carbocycles. The van der Waals surface area contributed by atoms with Gasteiger partial charge in [0.1, 0.15) is 15.7 Å². The third kappa shape index (κ3) is 3.68. The molecule has 122 valence electrons. The van der Waals surface area contributed by atoms with Crippen LogP contribution in [0.2, 0.25) is 5.02 Å². The van der Waals surface area contributed by atoms with E-state index in [0.29, 0.717) is 18.1 Å². The van der Waals surface area contributed by atoms with E-state index >= 15 is 0 Å². The van der Waals surface area contributed by atoms with Gasteiger partial charge in [-0.15, -0.1) is 0 Å². The molecule has 0 N–H and O–H groups in total. The average molecular weight is 373 g/mol. The van der Waals surface area contributed by atoms with Crippen LogP contribution in [-0.4, -0.2) is 30.8 Å². The molecule has 0 saturated carbocycles. The van der Waals surface area contributed by atoms with E-state index in [1.54, 1.807) is 18.2 Å². The number of sulfonamides is 1. The minimum Gasteiger partial charge on any atom is -0.248 e. The van der Waals surface area contributed by atoms with Gasteiger partial charge in [0.2, 0.25) is 10.0 Å². The second-order valence-corrected chi connectivity index (χ2v) is 8.56. The van der Waals surface area contributed by atoms with Crippen molar-refractivity contribution in [3.05, 3.63) is 47.4 Å². The highest BCUT2D eigenvalue weighted by atomic mass is 35.5. The Bertz CT molecular complexity index is 807. The van der Waals surface area contributed by atoms with Gasteiger partial charge >= 0.3 is 0 Å². The molecule has 23 heavy (non-hydrogen) atoms. The van der Waals surface area contributed by atoms with Crippen LogP contribution in [0.1, 0.15) is 12.8 Å². The topological polar surface area (TPSA) is 50.3 Å². The number of aromatic nitrogens is 1. The van der Waals surface area contributed by atoms with Gasteiger partial charge in [0.25, 0.3) is 0 Å². The van der Waals surface area contributed by atoms with Crippen LogP contribution in [0.25, 0.3) is 0 Å². The Balaban J connectivity index is 1.77. The van der Waals surface area contributed by atoms with Gasteiger partial charge in [-0.25, -0.2) is 17.8 Å². The van der Waals surface area contributed by atoms with Crippen LogP contribution in [0.15, 0.2) is 51.3 Å². The molecule has 0 spiro atoms. The molecule has 1 aromatic heterocycles. The molecule has 2 aromatic rings. The third-order valence-corrected chi connectivity index (χ3v) is 6.64. The van der Waals surface area contributed by atoms with Gasteiger partial charge in [-0.3, -0.25) is 0 Å². The lowest BCUT2D eigenvalue weighted by atomic mass is 10.3. The highest BCUT2D eigenvalue weighted by Crippen LogP contribution is 2.30. The highest BCUT2D eigenvalue weighted by Gasteiger charge is 2.27. The number of benzene rings is 1. The maximum absolute atomic E-state index is 13.1. The Morgan fingerprint density at radius 2 is 1.91 bits per heavy atom. The molecule has 1 saturated heterocycles. The van der Waals surface area contributed by atoms with Crippen molar-refractivity contribution < 1.29 is 12.8 Å². The summed E-state index contributed by atoms with van der Waals surface area (Å²) < 4.78 is 39.4. The lowest BCUT2D eigenvalue weighted by Gasteiger charge is -2.15. The van der Waals surface area contributed by atoms with E-state index in [4.69, 9.17) is 11.6 Å². The Morgan fingerprint density at radius 1 is 1.17 bits per heavy atom. The standard InChI is InChI=1S/C15H14ClFN2O2S2/c16-13-9-11(3-5-14(13)17)22-15-6-4-12(10-18-15)23(20,21)19-7-1-2-8-19/h3-6,9-10H,1-2,7-8H2. The molecule has 0 radical (unpaired) electrons. The molecule has 0 unspecified atom stereocenters. The molecule has 1 aliphatic heterocycles. The van der Waals surface area contributed by atoms with E-state index in [1.807, 2.05) is 0 Å². The summed E-state index contributed by atoms with van der Waals surface area (Å²) in [5.41, 5.74) is 0. The van der Waals surface area contributed by atoms with Crippen molar-refractivity contribution in [2.75, 3.05) is 13.1 Å². The second-order valence-electron chi connectivity index (χ2n) is 5.12. The predicted octanol–water partition coefficient (Wildman–Crippen LogP) is 3.81. The minimum atomic E-state index is -3.45. The zero-order valence-electron chi connectivity index (χ0n) is 12.1. The summed E-state index contributed by atoms with van der Waals surface area (Å²) in [6.07, 6.45) is 3.15. The van der Waals surface area contributed by atoms with Crippen molar-refractivity contribution in [2.24, 2.45) is 0 Å². The van der Waals surface area contributed by atoms with Crippen LogP contribution >= 0.6 is 23.4 Å². The molecule has 1 aromatic carbocycles. The molecular formula is C15H14ClFN2O2S2. The van der Waals surface area contributed by atoms with Crippen LogP contribution in [0.4, 0.5) is 4.39 Å². The van der Waals surface area contributed by atoms with Crippen LogP contribution in [-0.2, 0) is 10.0 Å². The van der Waals surface area contributed by atoms with Gasteiger partial charge in [-0.1, -0.05) is 23.4 Å². The fourth-order valence-corrected chi connectivity index (χ4v) is 4.82. The summed E-state index contributed by atoms with van der Waals surface area (Å²) in [6, 6.07) is 7.59. The van der Waals surface area contributed by atoms with Crippen LogP contribution in [0, 0.1) is 5.82 Å². The van der Waals surface area contributed by atoms with E-state index in [1.165, 1.54) is 34.4 Å². The summed E-state index contributed by atoms with van der Waals surface area (Å²) in [5.74, 6) is -0.476. The van der Waals surface area contributed by atoms with Crippen molar-refractivity contribution in [3.63, 3.8) is 0 Å². The minimum absolute atomic E-state index is 0.0447. The van der Waals surface area contributed by atoms with Crippen LogP contribution in [0.3, 0.4) is 0 Å². The summed E-state index contributed by atoms with van der Waals surface area (Å²) in [5, 5.41) is 0.663. The van der Waals surface area contributed by atoms with Crippen molar-refractivity contribution in [3.8, 4) is 0 Å². The molecule has 2 heterocycles. The molecular weight excluding hydrogens is 359 g/mol. The van der Waals surface area contributed by atoms with Gasteiger partial charge in [0.05, 0.1) is 5.02 Å². The van der Waals surface area contributed by atoms with Crippen LogP contribution < -0.4 is 0 Å². The van der Waals surface area contributed by atoms with Crippen molar-refractivity contribution in [1.82, 2.24) is 9.29 Å². The Morgan fingerprint density at radius 3 is 2.52 bits per heavy atom. The predicted molar refractivity (Wildman–Crippen MR) is 87.8 cm³/mol. The van der Waals surface area contributed by atoms with Crippen LogP contribution in [0.5, 0.6) is 0 Å². The summed E-state index contributed by atoms with van der Waals surface area (Å²) in [7, 11) is -3.45. The van der Waals surface area contributed by atoms with E-state index in [9.17, 15) is 12.8 Å². The molecule has 0 atom stereocenters. The van der Waals surface area contributed by atoms with E-state index in [0.717, 1.165) is 17.7 Å². The number of halogens is 2. The number of nitrogens with zero attached hydrogens (tertiary/aromatic N) is 2. The molecule has 0 amide bonds. The van der Waals surface area contributed by atoms with Crippen molar-refractivity contribution in [2.45, 2.75) is 27.7 Å². The monoisotopic (exact) mass is 372 g/mol. The SMILES string of the molecule is O=S(=O)(c1ccc(Sc2ccc(F)c(Cl)c2)nc1)N1CCCC1. The molecule has 1 fully saturated rings. The number of pyridine rings is 1. The smallest absolute Gasteiger partial charge is 0.244 e. The zero-order chi connectivity index (χ0) is 16.4. The quantitative estimate of drug-likeness (QED) is 0.818.